The van der Waals surface area contributed by atoms with Crippen molar-refractivity contribution in [2.75, 3.05) is 5.32 Å². The van der Waals surface area contributed by atoms with Gasteiger partial charge < -0.3 is 15.0 Å². The topological polar surface area (TPSA) is 54.3 Å². The van der Waals surface area contributed by atoms with Crippen LogP contribution in [0.25, 0.3) is 16.6 Å². The number of carboxylic acid groups (broad SMARTS) is 1. The Morgan fingerprint density at radius 3 is 2.41 bits per heavy atom. The molecule has 0 unspecified atom stereocenters. The molecule has 0 aliphatic carbocycles. The Kier molecular flexibility index (Phi) is 4.50. The van der Waals surface area contributed by atoms with E-state index in [4.69, 9.17) is 0 Å². The number of anilines is 2. The zero-order valence-corrected chi connectivity index (χ0v) is 14.9. The molecule has 4 aromatic rings. The molecule has 7 heteroatoms. The first kappa shape index (κ1) is 18.6. The molecule has 0 amide bonds. The number of nitrogens with zero attached hydrogens (tertiary/aromatic N) is 1. The molecule has 4 rings (SSSR count). The van der Waals surface area contributed by atoms with Gasteiger partial charge in [0.25, 0.3) is 0 Å². The monoisotopic (exact) mass is 396 g/mol. The Morgan fingerprint density at radius 1 is 0.931 bits per heavy atom. The lowest BCUT2D eigenvalue weighted by molar-refractivity contribution is -0.137. The summed E-state index contributed by atoms with van der Waals surface area (Å²) in [5.41, 5.74) is 1.14. The SMILES string of the molecule is O=C(O)c1ccccc1Nc1ccc2c(ccn2-c2ccccc2C(F)(F)F)c1. The number of hydrogen-bond donors (Lipinski definition) is 2. The molecule has 0 saturated heterocycles. The average molecular weight is 396 g/mol. The van der Waals surface area contributed by atoms with Gasteiger partial charge in [-0.3, -0.25) is 0 Å². The highest BCUT2D eigenvalue weighted by molar-refractivity contribution is 5.95. The highest BCUT2D eigenvalue weighted by Crippen LogP contribution is 2.35. The molecule has 0 fully saturated rings. The Bertz CT molecular complexity index is 1210. The molecule has 4 nitrogen and oxygen atoms in total. The normalized spacial score (nSPS) is 11.6. The average Bonchev–Trinajstić information content (AvgIpc) is 3.11. The molecule has 0 aliphatic heterocycles. The molecule has 3 aromatic carbocycles. The third-order valence-electron chi connectivity index (χ3n) is 4.60. The summed E-state index contributed by atoms with van der Waals surface area (Å²) in [5.74, 6) is -1.05. The van der Waals surface area contributed by atoms with Crippen LogP contribution in [-0.2, 0) is 6.18 Å². The van der Waals surface area contributed by atoms with Gasteiger partial charge in [0.05, 0.1) is 28.0 Å². The number of aromatic nitrogens is 1. The van der Waals surface area contributed by atoms with Gasteiger partial charge in [0.1, 0.15) is 0 Å². The number of alkyl halides is 3. The molecule has 0 aliphatic rings. The number of benzene rings is 3. The predicted molar refractivity (Wildman–Crippen MR) is 105 cm³/mol. The Labute approximate surface area is 163 Å². The van der Waals surface area contributed by atoms with E-state index in [0.717, 1.165) is 11.5 Å². The lowest BCUT2D eigenvalue weighted by atomic mass is 10.1. The largest absolute Gasteiger partial charge is 0.478 e. The molecular formula is C22H15F3N2O2. The molecule has 1 aromatic heterocycles. The van der Waals surface area contributed by atoms with Gasteiger partial charge in [0, 0.05) is 17.3 Å². The minimum atomic E-state index is -4.46. The summed E-state index contributed by atoms with van der Waals surface area (Å²) in [5, 5.41) is 13.1. The minimum Gasteiger partial charge on any atom is -0.478 e. The minimum absolute atomic E-state index is 0.0481. The van der Waals surface area contributed by atoms with Crippen LogP contribution in [0.15, 0.2) is 79.0 Å². The van der Waals surface area contributed by atoms with E-state index >= 15 is 0 Å². The molecule has 1 heterocycles. The van der Waals surface area contributed by atoms with Crippen LogP contribution < -0.4 is 5.32 Å². The van der Waals surface area contributed by atoms with Crippen molar-refractivity contribution in [1.29, 1.82) is 0 Å². The number of para-hydroxylation sites is 2. The van der Waals surface area contributed by atoms with Gasteiger partial charge in [-0.25, -0.2) is 4.79 Å². The molecule has 146 valence electrons. The van der Waals surface area contributed by atoms with Crippen molar-refractivity contribution in [3.8, 4) is 5.69 Å². The summed E-state index contributed by atoms with van der Waals surface area (Å²) < 4.78 is 41.6. The molecular weight excluding hydrogens is 381 g/mol. The van der Waals surface area contributed by atoms with Crippen molar-refractivity contribution in [3.05, 3.63) is 90.1 Å². The summed E-state index contributed by atoms with van der Waals surface area (Å²) in [6.45, 7) is 0. The van der Waals surface area contributed by atoms with Gasteiger partial charge in [-0.15, -0.1) is 0 Å². The van der Waals surface area contributed by atoms with Crippen molar-refractivity contribution in [1.82, 2.24) is 4.57 Å². The summed E-state index contributed by atoms with van der Waals surface area (Å²) in [4.78, 5) is 11.4. The second-order valence-electron chi connectivity index (χ2n) is 6.45. The first-order valence-corrected chi connectivity index (χ1v) is 8.71. The van der Waals surface area contributed by atoms with Crippen LogP contribution in [0.3, 0.4) is 0 Å². The van der Waals surface area contributed by atoms with Crippen molar-refractivity contribution >= 4 is 28.2 Å². The van der Waals surface area contributed by atoms with Crippen LogP contribution in [0, 0.1) is 0 Å². The summed E-state index contributed by atoms with van der Waals surface area (Å²) in [6.07, 6.45) is -2.88. The van der Waals surface area contributed by atoms with Crippen molar-refractivity contribution in [3.63, 3.8) is 0 Å². The van der Waals surface area contributed by atoms with Crippen molar-refractivity contribution in [2.45, 2.75) is 6.18 Å². The van der Waals surface area contributed by atoms with Gasteiger partial charge in [-0.2, -0.15) is 13.2 Å². The number of hydrogen-bond acceptors (Lipinski definition) is 2. The van der Waals surface area contributed by atoms with Crippen LogP contribution in [-0.4, -0.2) is 15.6 Å². The van der Waals surface area contributed by atoms with E-state index in [2.05, 4.69) is 5.32 Å². The molecule has 0 saturated carbocycles. The molecule has 29 heavy (non-hydrogen) atoms. The standard InChI is InChI=1S/C22H15F3N2O2/c23-22(24,25)17-6-2-4-8-20(17)27-12-11-14-13-15(9-10-19(14)27)26-18-7-3-1-5-16(18)21(28)29/h1-13,26H,(H,28,29). The van der Waals surface area contributed by atoms with Gasteiger partial charge in [0.15, 0.2) is 0 Å². The van der Waals surface area contributed by atoms with E-state index in [1.807, 2.05) is 0 Å². The smallest absolute Gasteiger partial charge is 0.418 e. The van der Waals surface area contributed by atoms with Crippen LogP contribution in [0.5, 0.6) is 0 Å². The fourth-order valence-electron chi connectivity index (χ4n) is 3.29. The molecule has 0 bridgehead atoms. The second-order valence-corrected chi connectivity index (χ2v) is 6.45. The third kappa shape index (κ3) is 3.54. The van der Waals surface area contributed by atoms with Gasteiger partial charge in [-0.1, -0.05) is 24.3 Å². The first-order chi connectivity index (χ1) is 13.8. The number of aromatic carboxylic acids is 1. The second kappa shape index (κ2) is 7.01. The molecule has 2 N–H and O–H groups in total. The first-order valence-electron chi connectivity index (χ1n) is 8.71. The zero-order valence-electron chi connectivity index (χ0n) is 14.9. The van der Waals surface area contributed by atoms with Gasteiger partial charge >= 0.3 is 12.1 Å². The van der Waals surface area contributed by atoms with Crippen molar-refractivity contribution in [2.24, 2.45) is 0 Å². The molecule has 0 atom stereocenters. The third-order valence-corrected chi connectivity index (χ3v) is 4.60. The van der Waals surface area contributed by atoms with E-state index in [9.17, 15) is 23.1 Å². The number of nitrogens with one attached hydrogen (secondary N) is 1. The van der Waals surface area contributed by atoms with Crippen LogP contribution in [0.2, 0.25) is 0 Å². The Balaban J connectivity index is 1.74. The zero-order chi connectivity index (χ0) is 20.6. The fraction of sp³-hybridized carbons (Fsp3) is 0.0455. The van der Waals surface area contributed by atoms with Crippen LogP contribution in [0.1, 0.15) is 15.9 Å². The van der Waals surface area contributed by atoms with Gasteiger partial charge in [-0.05, 0) is 48.5 Å². The summed E-state index contributed by atoms with van der Waals surface area (Å²) >= 11 is 0. The van der Waals surface area contributed by atoms with Crippen LogP contribution in [0.4, 0.5) is 24.5 Å². The summed E-state index contributed by atoms with van der Waals surface area (Å²) in [6, 6.07) is 18.8. The lowest BCUT2D eigenvalue weighted by Crippen LogP contribution is -2.10. The Morgan fingerprint density at radius 2 is 1.66 bits per heavy atom. The summed E-state index contributed by atoms with van der Waals surface area (Å²) in [7, 11) is 0. The maximum atomic E-state index is 13.4. The highest BCUT2D eigenvalue weighted by atomic mass is 19.4. The molecule has 0 radical (unpaired) electrons. The van der Waals surface area contributed by atoms with E-state index in [1.165, 1.54) is 22.8 Å². The van der Waals surface area contributed by atoms with E-state index in [1.54, 1.807) is 54.7 Å². The number of halogens is 3. The predicted octanol–water partition coefficient (Wildman–Crippen LogP) is 6.09. The van der Waals surface area contributed by atoms with E-state index in [-0.39, 0.29) is 11.3 Å². The Hall–Kier alpha value is -3.74. The maximum Gasteiger partial charge on any atom is 0.418 e. The van der Waals surface area contributed by atoms with Gasteiger partial charge in [0.2, 0.25) is 0 Å². The highest BCUT2D eigenvalue weighted by Gasteiger charge is 2.33. The lowest BCUT2D eigenvalue weighted by Gasteiger charge is -2.15. The van der Waals surface area contributed by atoms with E-state index in [0.29, 0.717) is 16.9 Å². The number of fused-ring (bicyclic) bond motifs is 1. The quantitative estimate of drug-likeness (QED) is 0.439. The van der Waals surface area contributed by atoms with E-state index < -0.39 is 17.7 Å². The van der Waals surface area contributed by atoms with Crippen LogP contribution >= 0.6 is 0 Å². The molecule has 0 spiro atoms. The van der Waals surface area contributed by atoms with Crippen molar-refractivity contribution < 1.29 is 23.1 Å². The number of carboxylic acids is 1. The fourth-order valence-corrected chi connectivity index (χ4v) is 3.29. The number of rotatable bonds is 4. The number of carbonyl (C=O) groups is 1. The maximum absolute atomic E-state index is 13.4.